The fourth-order valence-electron chi connectivity index (χ4n) is 4.52. The van der Waals surface area contributed by atoms with Gasteiger partial charge < -0.3 is 5.32 Å². The van der Waals surface area contributed by atoms with Crippen LogP contribution >= 0.6 is 43.2 Å². The molecule has 5 rings (SSSR count). The lowest BCUT2D eigenvalue weighted by Gasteiger charge is -2.27. The molecule has 1 aliphatic rings. The van der Waals surface area contributed by atoms with Crippen molar-refractivity contribution in [1.29, 1.82) is 0 Å². The molecule has 190 valence electrons. The lowest BCUT2D eigenvalue weighted by Crippen LogP contribution is -2.29. The standard InChI is InChI=1S/C28H27Br2N5OS/c1-19-7-8-21(16-26(19)35(28-32-10-13-37-28)22-6-5-9-31-17-22)33-27(36)20-14-24(29)23(25(30)15-20)18-34-11-3-2-4-12-34/h5-10,13-17H,2-4,11-12,18H2,1H3,(H,33,36). The van der Waals surface area contributed by atoms with Crippen LogP contribution in [0.25, 0.3) is 0 Å². The molecular formula is C28H27Br2N5OS. The number of aromatic nitrogens is 2. The Hall–Kier alpha value is -2.59. The molecule has 9 heteroatoms. The monoisotopic (exact) mass is 639 g/mol. The Morgan fingerprint density at radius 1 is 1.08 bits per heavy atom. The zero-order valence-electron chi connectivity index (χ0n) is 20.5. The summed E-state index contributed by atoms with van der Waals surface area (Å²) in [6, 6.07) is 13.6. The Bertz CT molecular complexity index is 1350. The summed E-state index contributed by atoms with van der Waals surface area (Å²) in [5.41, 5.74) is 5.37. The number of hydrogen-bond donors (Lipinski definition) is 1. The van der Waals surface area contributed by atoms with Gasteiger partial charge in [0.25, 0.3) is 5.91 Å². The molecule has 0 aliphatic carbocycles. The average Bonchev–Trinajstić information content (AvgIpc) is 3.44. The smallest absolute Gasteiger partial charge is 0.255 e. The molecule has 1 saturated heterocycles. The number of thiazole rings is 1. The number of nitrogens with zero attached hydrogens (tertiary/aromatic N) is 4. The Balaban J connectivity index is 1.39. The van der Waals surface area contributed by atoms with Crippen LogP contribution in [-0.4, -0.2) is 33.9 Å². The van der Waals surface area contributed by atoms with Crippen molar-refractivity contribution in [3.8, 4) is 0 Å². The number of likely N-dealkylation sites (tertiary alicyclic amines) is 1. The first kappa shape index (κ1) is 26.0. The summed E-state index contributed by atoms with van der Waals surface area (Å²) in [4.78, 5) is 26.6. The second kappa shape index (κ2) is 11.9. The van der Waals surface area contributed by atoms with E-state index in [9.17, 15) is 4.79 Å². The number of carbonyl (C=O) groups excluding carboxylic acids is 1. The summed E-state index contributed by atoms with van der Waals surface area (Å²) >= 11 is 8.97. The number of amides is 1. The van der Waals surface area contributed by atoms with E-state index in [1.807, 2.05) is 61.0 Å². The lowest BCUT2D eigenvalue weighted by molar-refractivity contribution is 0.102. The van der Waals surface area contributed by atoms with Crippen LogP contribution in [0.5, 0.6) is 0 Å². The van der Waals surface area contributed by atoms with Crippen LogP contribution in [0.3, 0.4) is 0 Å². The van der Waals surface area contributed by atoms with Gasteiger partial charge in [-0.1, -0.05) is 44.3 Å². The molecule has 2 aromatic heterocycles. The summed E-state index contributed by atoms with van der Waals surface area (Å²) in [7, 11) is 0. The van der Waals surface area contributed by atoms with E-state index in [-0.39, 0.29) is 5.91 Å². The van der Waals surface area contributed by atoms with Crippen LogP contribution in [0.1, 0.15) is 40.7 Å². The number of piperidine rings is 1. The van der Waals surface area contributed by atoms with Gasteiger partial charge in [-0.2, -0.15) is 0 Å². The van der Waals surface area contributed by atoms with Gasteiger partial charge in [-0.25, -0.2) is 4.98 Å². The van der Waals surface area contributed by atoms with Gasteiger partial charge in [0, 0.05) is 44.5 Å². The van der Waals surface area contributed by atoms with E-state index in [1.54, 1.807) is 23.7 Å². The predicted molar refractivity (Wildman–Crippen MR) is 158 cm³/mol. The minimum atomic E-state index is -0.164. The third kappa shape index (κ3) is 6.12. The molecule has 0 saturated carbocycles. The van der Waals surface area contributed by atoms with E-state index in [0.717, 1.165) is 50.6 Å². The van der Waals surface area contributed by atoms with Gasteiger partial charge in [0.2, 0.25) is 0 Å². The molecule has 2 aromatic carbocycles. The van der Waals surface area contributed by atoms with Gasteiger partial charge in [0.05, 0.1) is 17.6 Å². The molecule has 0 spiro atoms. The largest absolute Gasteiger partial charge is 0.322 e. The molecule has 37 heavy (non-hydrogen) atoms. The Morgan fingerprint density at radius 3 is 2.54 bits per heavy atom. The normalized spacial score (nSPS) is 13.9. The van der Waals surface area contributed by atoms with Crippen LogP contribution in [0.2, 0.25) is 0 Å². The van der Waals surface area contributed by atoms with E-state index in [0.29, 0.717) is 11.3 Å². The van der Waals surface area contributed by atoms with E-state index in [4.69, 9.17) is 0 Å². The average molecular weight is 641 g/mol. The molecule has 0 radical (unpaired) electrons. The molecule has 1 amide bonds. The van der Waals surface area contributed by atoms with Crippen molar-refractivity contribution in [2.24, 2.45) is 0 Å². The van der Waals surface area contributed by atoms with Gasteiger partial charge in [0.1, 0.15) is 0 Å². The van der Waals surface area contributed by atoms with Crippen molar-refractivity contribution >= 4 is 71.3 Å². The highest BCUT2D eigenvalue weighted by Gasteiger charge is 2.20. The van der Waals surface area contributed by atoms with Gasteiger partial charge in [-0.05, 0) is 80.4 Å². The number of hydrogen-bond acceptors (Lipinski definition) is 6. The molecule has 1 fully saturated rings. The maximum absolute atomic E-state index is 13.3. The van der Waals surface area contributed by atoms with Crippen LogP contribution in [0, 0.1) is 6.92 Å². The van der Waals surface area contributed by atoms with Crippen molar-refractivity contribution in [1.82, 2.24) is 14.9 Å². The number of pyridine rings is 1. The zero-order chi connectivity index (χ0) is 25.8. The minimum Gasteiger partial charge on any atom is -0.322 e. The molecule has 0 unspecified atom stereocenters. The fraction of sp³-hybridized carbons (Fsp3) is 0.250. The quantitative estimate of drug-likeness (QED) is 0.221. The van der Waals surface area contributed by atoms with Crippen molar-refractivity contribution in [3.05, 3.63) is 92.1 Å². The molecule has 0 bridgehead atoms. The highest BCUT2D eigenvalue weighted by Crippen LogP contribution is 2.38. The third-order valence-electron chi connectivity index (χ3n) is 6.46. The zero-order valence-corrected chi connectivity index (χ0v) is 24.4. The molecule has 4 aromatic rings. The first-order valence-electron chi connectivity index (χ1n) is 12.2. The van der Waals surface area contributed by atoms with Gasteiger partial charge in [0.15, 0.2) is 5.13 Å². The van der Waals surface area contributed by atoms with E-state index in [2.05, 4.69) is 56.9 Å². The molecule has 6 nitrogen and oxygen atoms in total. The lowest BCUT2D eigenvalue weighted by atomic mass is 10.1. The van der Waals surface area contributed by atoms with Gasteiger partial charge in [-0.3, -0.25) is 19.6 Å². The van der Waals surface area contributed by atoms with Gasteiger partial charge in [-0.15, -0.1) is 11.3 Å². The second-order valence-corrected chi connectivity index (χ2v) is 11.7. The summed E-state index contributed by atoms with van der Waals surface area (Å²) in [5, 5.41) is 5.86. The maximum atomic E-state index is 13.3. The van der Waals surface area contributed by atoms with Crippen molar-refractivity contribution in [3.63, 3.8) is 0 Å². The van der Waals surface area contributed by atoms with E-state index in [1.165, 1.54) is 24.8 Å². The molecule has 1 N–H and O–H groups in total. The summed E-state index contributed by atoms with van der Waals surface area (Å²) in [6.45, 7) is 5.15. The van der Waals surface area contributed by atoms with Crippen molar-refractivity contribution in [2.75, 3.05) is 23.3 Å². The Kier molecular flexibility index (Phi) is 8.34. The molecule has 1 aliphatic heterocycles. The summed E-state index contributed by atoms with van der Waals surface area (Å²) < 4.78 is 1.88. The van der Waals surface area contributed by atoms with Crippen LogP contribution < -0.4 is 10.2 Å². The molecule has 3 heterocycles. The maximum Gasteiger partial charge on any atom is 0.255 e. The minimum absolute atomic E-state index is 0.164. The number of rotatable bonds is 7. The SMILES string of the molecule is Cc1ccc(NC(=O)c2cc(Br)c(CN3CCCCC3)c(Br)c2)cc1N(c1cccnc1)c1nccs1. The number of aryl methyl sites for hydroxylation is 1. The number of nitrogens with one attached hydrogen (secondary N) is 1. The van der Waals surface area contributed by atoms with Crippen molar-refractivity contribution < 1.29 is 4.79 Å². The van der Waals surface area contributed by atoms with Crippen molar-refractivity contribution in [2.45, 2.75) is 32.7 Å². The van der Waals surface area contributed by atoms with Gasteiger partial charge >= 0.3 is 0 Å². The van der Waals surface area contributed by atoms with E-state index < -0.39 is 0 Å². The number of carbonyl (C=O) groups is 1. The molecular weight excluding hydrogens is 614 g/mol. The fourth-order valence-corrected chi connectivity index (χ4v) is 6.63. The Labute approximate surface area is 238 Å². The molecule has 0 atom stereocenters. The number of anilines is 4. The third-order valence-corrected chi connectivity index (χ3v) is 8.63. The summed E-state index contributed by atoms with van der Waals surface area (Å²) in [5.74, 6) is -0.164. The highest BCUT2D eigenvalue weighted by molar-refractivity contribution is 9.11. The number of halogens is 2. The highest BCUT2D eigenvalue weighted by atomic mass is 79.9. The van der Waals surface area contributed by atoms with Crippen LogP contribution in [-0.2, 0) is 6.54 Å². The first-order chi connectivity index (χ1) is 18.0. The second-order valence-electron chi connectivity index (χ2n) is 9.07. The van der Waals surface area contributed by atoms with E-state index >= 15 is 0 Å². The Morgan fingerprint density at radius 2 is 1.86 bits per heavy atom. The van der Waals surface area contributed by atoms with Crippen LogP contribution in [0.15, 0.2) is 75.4 Å². The first-order valence-corrected chi connectivity index (χ1v) is 14.7. The predicted octanol–water partition coefficient (Wildman–Crippen LogP) is 8.08. The topological polar surface area (TPSA) is 61.4 Å². The summed E-state index contributed by atoms with van der Waals surface area (Å²) in [6.07, 6.45) is 9.15. The number of benzene rings is 2. The van der Waals surface area contributed by atoms with Crippen LogP contribution in [0.4, 0.5) is 22.2 Å².